The quantitative estimate of drug-likeness (QED) is 0.561. The van der Waals surface area contributed by atoms with Gasteiger partial charge in [-0.15, -0.1) is 10.2 Å². The molecule has 0 aliphatic carbocycles. The SMILES string of the molecule is CCn1c(Cc2ccccc2)nnc1SCC(=O)Nc1ccccc1C(F)F. The molecule has 0 atom stereocenters. The summed E-state index contributed by atoms with van der Waals surface area (Å²) in [6, 6.07) is 15.8. The number of aromatic nitrogens is 3. The van der Waals surface area contributed by atoms with Gasteiger partial charge in [0, 0.05) is 24.2 Å². The van der Waals surface area contributed by atoms with Crippen LogP contribution in [0.15, 0.2) is 59.8 Å². The van der Waals surface area contributed by atoms with Crippen molar-refractivity contribution in [1.29, 1.82) is 0 Å². The number of halogens is 2. The minimum Gasteiger partial charge on any atom is -0.325 e. The van der Waals surface area contributed by atoms with Crippen LogP contribution in [0.25, 0.3) is 0 Å². The normalized spacial score (nSPS) is 11.0. The number of para-hydroxylation sites is 1. The molecule has 3 aromatic rings. The first-order valence-electron chi connectivity index (χ1n) is 8.84. The van der Waals surface area contributed by atoms with E-state index in [0.29, 0.717) is 18.1 Å². The zero-order valence-corrected chi connectivity index (χ0v) is 16.1. The van der Waals surface area contributed by atoms with Gasteiger partial charge < -0.3 is 9.88 Å². The highest BCUT2D eigenvalue weighted by Gasteiger charge is 2.16. The van der Waals surface area contributed by atoms with Crippen molar-refractivity contribution in [2.24, 2.45) is 0 Å². The molecule has 0 radical (unpaired) electrons. The second kappa shape index (κ2) is 9.45. The van der Waals surface area contributed by atoms with E-state index in [-0.39, 0.29) is 22.9 Å². The molecule has 1 aromatic heterocycles. The molecule has 0 fully saturated rings. The lowest BCUT2D eigenvalue weighted by Crippen LogP contribution is -2.16. The molecule has 8 heteroatoms. The Kier molecular flexibility index (Phi) is 6.76. The molecule has 5 nitrogen and oxygen atoms in total. The lowest BCUT2D eigenvalue weighted by atomic mass is 10.1. The van der Waals surface area contributed by atoms with Crippen LogP contribution in [0.3, 0.4) is 0 Å². The third-order valence-electron chi connectivity index (χ3n) is 4.12. The molecule has 0 aliphatic rings. The predicted molar refractivity (Wildman–Crippen MR) is 106 cm³/mol. The van der Waals surface area contributed by atoms with Crippen molar-refractivity contribution in [2.75, 3.05) is 11.1 Å². The molecular formula is C20H20F2N4OS. The van der Waals surface area contributed by atoms with Gasteiger partial charge in [-0.25, -0.2) is 8.78 Å². The molecule has 0 saturated heterocycles. The number of carbonyl (C=O) groups is 1. The number of hydrogen-bond acceptors (Lipinski definition) is 4. The first kappa shape index (κ1) is 20.0. The average molecular weight is 402 g/mol. The number of alkyl halides is 2. The summed E-state index contributed by atoms with van der Waals surface area (Å²) >= 11 is 1.23. The van der Waals surface area contributed by atoms with Crippen LogP contribution in [0.1, 0.15) is 30.3 Å². The van der Waals surface area contributed by atoms with Crippen LogP contribution in [0.5, 0.6) is 0 Å². The van der Waals surface area contributed by atoms with Crippen LogP contribution in [0.2, 0.25) is 0 Å². The summed E-state index contributed by atoms with van der Waals surface area (Å²) in [5.41, 5.74) is 1.06. The summed E-state index contributed by atoms with van der Waals surface area (Å²) in [6.07, 6.45) is -2.00. The monoisotopic (exact) mass is 402 g/mol. The Morgan fingerprint density at radius 2 is 1.82 bits per heavy atom. The summed E-state index contributed by atoms with van der Waals surface area (Å²) in [7, 11) is 0. The molecule has 1 heterocycles. The molecule has 0 aliphatic heterocycles. The first-order valence-corrected chi connectivity index (χ1v) is 9.82. The van der Waals surface area contributed by atoms with Gasteiger partial charge >= 0.3 is 0 Å². The molecule has 1 amide bonds. The molecular weight excluding hydrogens is 382 g/mol. The summed E-state index contributed by atoms with van der Waals surface area (Å²) in [5.74, 6) is 0.508. The largest absolute Gasteiger partial charge is 0.325 e. The van der Waals surface area contributed by atoms with E-state index < -0.39 is 6.43 Å². The van der Waals surface area contributed by atoms with E-state index in [2.05, 4.69) is 15.5 Å². The lowest BCUT2D eigenvalue weighted by molar-refractivity contribution is -0.113. The van der Waals surface area contributed by atoms with Crippen LogP contribution < -0.4 is 5.32 Å². The van der Waals surface area contributed by atoms with E-state index in [1.165, 1.54) is 30.0 Å². The van der Waals surface area contributed by atoms with Gasteiger partial charge in [0.05, 0.1) is 5.75 Å². The zero-order chi connectivity index (χ0) is 19.9. The van der Waals surface area contributed by atoms with E-state index in [9.17, 15) is 13.6 Å². The van der Waals surface area contributed by atoms with Crippen molar-refractivity contribution in [3.05, 3.63) is 71.5 Å². The van der Waals surface area contributed by atoms with Crippen molar-refractivity contribution in [1.82, 2.24) is 14.8 Å². The number of benzene rings is 2. The minimum absolute atomic E-state index is 0.0566. The number of nitrogens with one attached hydrogen (secondary N) is 1. The van der Waals surface area contributed by atoms with Gasteiger partial charge in [-0.1, -0.05) is 60.3 Å². The number of carbonyl (C=O) groups excluding carboxylic acids is 1. The van der Waals surface area contributed by atoms with Crippen LogP contribution in [0, 0.1) is 0 Å². The van der Waals surface area contributed by atoms with Crippen molar-refractivity contribution in [3.8, 4) is 0 Å². The second-order valence-corrected chi connectivity index (χ2v) is 6.97. The van der Waals surface area contributed by atoms with Gasteiger partial charge in [-0.05, 0) is 18.6 Å². The Balaban J connectivity index is 1.64. The van der Waals surface area contributed by atoms with Gasteiger partial charge in [0.15, 0.2) is 5.16 Å². The van der Waals surface area contributed by atoms with E-state index in [4.69, 9.17) is 0 Å². The average Bonchev–Trinajstić information content (AvgIpc) is 3.09. The van der Waals surface area contributed by atoms with E-state index in [1.807, 2.05) is 41.8 Å². The van der Waals surface area contributed by atoms with Crippen molar-refractivity contribution >= 4 is 23.4 Å². The fourth-order valence-electron chi connectivity index (χ4n) is 2.77. The fraction of sp³-hybridized carbons (Fsp3) is 0.250. The highest BCUT2D eigenvalue weighted by molar-refractivity contribution is 7.99. The number of rotatable bonds is 8. The Bertz CT molecular complexity index is 931. The standard InChI is InChI=1S/C20H20F2N4OS/c1-2-26-17(12-14-8-4-3-5-9-14)24-25-20(26)28-13-18(27)23-16-11-7-6-10-15(16)19(21)22/h3-11,19H,2,12-13H2,1H3,(H,23,27). The topological polar surface area (TPSA) is 59.8 Å². The first-order chi connectivity index (χ1) is 13.6. The Morgan fingerprint density at radius 1 is 1.11 bits per heavy atom. The Labute approximate surface area is 166 Å². The van der Waals surface area contributed by atoms with Crippen LogP contribution in [-0.2, 0) is 17.8 Å². The van der Waals surface area contributed by atoms with Crippen LogP contribution in [0.4, 0.5) is 14.5 Å². The van der Waals surface area contributed by atoms with Crippen molar-refractivity contribution in [3.63, 3.8) is 0 Å². The second-order valence-electron chi connectivity index (χ2n) is 6.03. The summed E-state index contributed by atoms with van der Waals surface area (Å²) in [6.45, 7) is 2.66. The lowest BCUT2D eigenvalue weighted by Gasteiger charge is -2.10. The highest BCUT2D eigenvalue weighted by atomic mass is 32.2. The van der Waals surface area contributed by atoms with Gasteiger partial charge in [-0.2, -0.15) is 0 Å². The van der Waals surface area contributed by atoms with Crippen molar-refractivity contribution < 1.29 is 13.6 Å². The minimum atomic E-state index is -2.65. The number of anilines is 1. The number of thioether (sulfide) groups is 1. The number of nitrogens with zero attached hydrogens (tertiary/aromatic N) is 3. The Hall–Kier alpha value is -2.74. The third-order valence-corrected chi connectivity index (χ3v) is 5.08. The maximum absolute atomic E-state index is 13.0. The zero-order valence-electron chi connectivity index (χ0n) is 15.3. The van der Waals surface area contributed by atoms with Crippen LogP contribution in [-0.4, -0.2) is 26.4 Å². The van der Waals surface area contributed by atoms with E-state index >= 15 is 0 Å². The molecule has 0 bridgehead atoms. The van der Waals surface area contributed by atoms with Crippen LogP contribution >= 0.6 is 11.8 Å². The molecule has 3 rings (SSSR count). The molecule has 0 saturated carbocycles. The van der Waals surface area contributed by atoms with Gasteiger partial charge in [0.1, 0.15) is 5.82 Å². The third kappa shape index (κ3) is 4.95. The molecule has 0 unspecified atom stereocenters. The number of hydrogen-bond donors (Lipinski definition) is 1. The van der Waals surface area contributed by atoms with Gasteiger partial charge in [0.25, 0.3) is 6.43 Å². The molecule has 1 N–H and O–H groups in total. The maximum Gasteiger partial charge on any atom is 0.265 e. The Morgan fingerprint density at radius 3 is 2.54 bits per heavy atom. The van der Waals surface area contributed by atoms with Gasteiger partial charge in [-0.3, -0.25) is 4.79 Å². The van der Waals surface area contributed by atoms with Gasteiger partial charge in [0.2, 0.25) is 5.91 Å². The van der Waals surface area contributed by atoms with E-state index in [1.54, 1.807) is 6.07 Å². The maximum atomic E-state index is 13.0. The smallest absolute Gasteiger partial charge is 0.265 e. The summed E-state index contributed by atoms with van der Waals surface area (Å²) < 4.78 is 28.0. The van der Waals surface area contributed by atoms with Crippen molar-refractivity contribution in [2.45, 2.75) is 31.5 Å². The summed E-state index contributed by atoms with van der Waals surface area (Å²) in [5, 5.41) is 11.6. The summed E-state index contributed by atoms with van der Waals surface area (Å²) in [4.78, 5) is 12.2. The molecule has 0 spiro atoms. The van der Waals surface area contributed by atoms with E-state index in [0.717, 1.165) is 11.4 Å². The molecule has 2 aromatic carbocycles. The molecule has 146 valence electrons. The molecule has 28 heavy (non-hydrogen) atoms. The predicted octanol–water partition coefficient (Wildman–Crippen LogP) is 4.56. The highest BCUT2D eigenvalue weighted by Crippen LogP contribution is 2.27. The fourth-order valence-corrected chi connectivity index (χ4v) is 3.59. The number of amides is 1.